The molecule has 1 aliphatic rings. The first kappa shape index (κ1) is 18.9. The van der Waals surface area contributed by atoms with Gasteiger partial charge in [0.05, 0.1) is 5.25 Å². The van der Waals surface area contributed by atoms with Crippen LogP contribution in [0.5, 0.6) is 0 Å². The highest BCUT2D eigenvalue weighted by atomic mass is 32.2. The van der Waals surface area contributed by atoms with Crippen LogP contribution in [0.4, 0.5) is 5.88 Å². The Kier molecular flexibility index (Phi) is 5.08. The highest BCUT2D eigenvalue weighted by Crippen LogP contribution is 2.29. The maximum absolute atomic E-state index is 12.8. The molecule has 1 aromatic rings. The van der Waals surface area contributed by atoms with E-state index in [1.165, 1.54) is 33.8 Å². The molecule has 1 amide bonds. The third-order valence-corrected chi connectivity index (χ3v) is 7.20. The number of nitrogens with zero attached hydrogens (tertiary/aromatic N) is 1. The maximum atomic E-state index is 12.8. The van der Waals surface area contributed by atoms with Crippen LogP contribution in [0.3, 0.4) is 0 Å². The molecule has 2 rings (SSSR count). The summed E-state index contributed by atoms with van der Waals surface area (Å²) >= 11 is 0. The van der Waals surface area contributed by atoms with Crippen molar-refractivity contribution >= 4 is 21.6 Å². The Morgan fingerprint density at radius 3 is 2.38 bits per heavy atom. The summed E-state index contributed by atoms with van der Waals surface area (Å²) in [7, 11) is -3.71. The van der Waals surface area contributed by atoms with E-state index >= 15 is 0 Å². The fourth-order valence-corrected chi connectivity index (χ4v) is 4.37. The molecule has 136 valence electrons. The van der Waals surface area contributed by atoms with Gasteiger partial charge in [0.25, 0.3) is 0 Å². The summed E-state index contributed by atoms with van der Waals surface area (Å²) in [5.74, 6) is -0.709. The number of sulfone groups is 1. The summed E-state index contributed by atoms with van der Waals surface area (Å²) in [5.41, 5.74) is -0.987. The molecular formula is C15H24N2O6S. The predicted octanol–water partition coefficient (Wildman–Crippen LogP) is 1.21. The Hall–Kier alpha value is -1.45. The molecule has 0 radical (unpaired) electrons. The number of aromatic nitrogens is 1. The van der Waals surface area contributed by atoms with Crippen molar-refractivity contribution in [3.05, 3.63) is 11.8 Å². The van der Waals surface area contributed by atoms with Crippen LogP contribution >= 0.6 is 0 Å². The summed E-state index contributed by atoms with van der Waals surface area (Å²) in [6.45, 7) is 6.55. The lowest BCUT2D eigenvalue weighted by atomic mass is 10.1. The van der Waals surface area contributed by atoms with Crippen LogP contribution in [0, 0.1) is 0 Å². The molecule has 1 aliphatic heterocycles. The van der Waals surface area contributed by atoms with E-state index in [1.54, 1.807) is 0 Å². The number of carbonyl (C=O) groups excluding carboxylic acids is 1. The lowest BCUT2D eigenvalue weighted by Crippen LogP contribution is -2.50. The number of rotatable bonds is 5. The number of aliphatic hydroxyl groups is 1. The van der Waals surface area contributed by atoms with E-state index in [1.807, 2.05) is 0 Å². The molecule has 0 unspecified atom stereocenters. The monoisotopic (exact) mass is 360 g/mol. The van der Waals surface area contributed by atoms with Crippen molar-refractivity contribution in [3.8, 4) is 0 Å². The molecule has 24 heavy (non-hydrogen) atoms. The zero-order valence-electron chi connectivity index (χ0n) is 14.3. The van der Waals surface area contributed by atoms with Gasteiger partial charge in [-0.3, -0.25) is 10.1 Å². The van der Waals surface area contributed by atoms with Crippen LogP contribution < -0.4 is 5.32 Å². The molecule has 0 bridgehead atoms. The van der Waals surface area contributed by atoms with Gasteiger partial charge in [-0.15, -0.1) is 0 Å². The van der Waals surface area contributed by atoms with Gasteiger partial charge < -0.3 is 14.4 Å². The standard InChI is InChI=1S/C15H24N2O6S/c1-14(2,19)11-9-12(23-17-11)16-13(18)15(3,4)24(20,21)10-5-7-22-8-6-10/h9-10,19H,5-8H2,1-4H3,(H,16,18). The average molecular weight is 360 g/mol. The molecule has 0 aliphatic carbocycles. The molecule has 1 saturated heterocycles. The summed E-state index contributed by atoms with van der Waals surface area (Å²) in [5, 5.41) is 15.3. The van der Waals surface area contributed by atoms with Gasteiger partial charge >= 0.3 is 0 Å². The minimum Gasteiger partial charge on any atom is -0.384 e. The Labute approximate surface area is 141 Å². The molecule has 8 nitrogen and oxygen atoms in total. The molecule has 0 saturated carbocycles. The molecular weight excluding hydrogens is 336 g/mol. The molecule has 1 fully saturated rings. The fraction of sp³-hybridized carbons (Fsp3) is 0.733. The van der Waals surface area contributed by atoms with Crippen molar-refractivity contribution in [3.63, 3.8) is 0 Å². The van der Waals surface area contributed by atoms with Gasteiger partial charge in [-0.05, 0) is 40.5 Å². The Morgan fingerprint density at radius 2 is 1.88 bits per heavy atom. The Bertz CT molecular complexity index is 696. The predicted molar refractivity (Wildman–Crippen MR) is 87.2 cm³/mol. The first-order valence-corrected chi connectivity index (χ1v) is 9.33. The molecule has 1 aromatic heterocycles. The second kappa shape index (κ2) is 6.45. The Morgan fingerprint density at radius 1 is 1.29 bits per heavy atom. The summed E-state index contributed by atoms with van der Waals surface area (Å²) in [6.07, 6.45) is 0.758. The van der Waals surface area contributed by atoms with Gasteiger partial charge in [0.1, 0.15) is 16.0 Å². The first-order chi connectivity index (χ1) is 11.0. The SMILES string of the molecule is CC(C)(O)c1cc(NC(=O)C(C)(C)S(=O)(=O)C2CCOCC2)on1. The van der Waals surface area contributed by atoms with Gasteiger partial charge in [0.2, 0.25) is 11.8 Å². The third kappa shape index (κ3) is 3.62. The van der Waals surface area contributed by atoms with Crippen LogP contribution in [0.2, 0.25) is 0 Å². The zero-order chi connectivity index (χ0) is 18.2. The van der Waals surface area contributed by atoms with Crippen LogP contribution in [-0.4, -0.2) is 47.8 Å². The topological polar surface area (TPSA) is 119 Å². The number of nitrogens with one attached hydrogen (secondary N) is 1. The van der Waals surface area contributed by atoms with E-state index in [0.29, 0.717) is 26.1 Å². The fourth-order valence-electron chi connectivity index (χ4n) is 2.42. The second-order valence-electron chi connectivity index (χ2n) is 6.96. The van der Waals surface area contributed by atoms with Gasteiger partial charge in [-0.1, -0.05) is 5.16 Å². The zero-order valence-corrected chi connectivity index (χ0v) is 15.1. The molecule has 0 spiro atoms. The van der Waals surface area contributed by atoms with Gasteiger partial charge in [-0.2, -0.15) is 0 Å². The van der Waals surface area contributed by atoms with Gasteiger partial charge in [0, 0.05) is 19.3 Å². The molecule has 0 aromatic carbocycles. The smallest absolute Gasteiger partial charge is 0.247 e. The van der Waals surface area contributed by atoms with Crippen molar-refractivity contribution < 1.29 is 27.6 Å². The molecule has 0 atom stereocenters. The average Bonchev–Trinajstić information content (AvgIpc) is 2.96. The lowest BCUT2D eigenvalue weighted by molar-refractivity contribution is -0.118. The number of carbonyl (C=O) groups is 1. The van der Waals surface area contributed by atoms with Crippen LogP contribution in [0.1, 0.15) is 46.2 Å². The van der Waals surface area contributed by atoms with Crippen molar-refractivity contribution in [2.45, 2.75) is 56.1 Å². The van der Waals surface area contributed by atoms with Crippen molar-refractivity contribution in [2.24, 2.45) is 0 Å². The summed E-state index contributed by atoms with van der Waals surface area (Å²) < 4.78 is 34.1. The summed E-state index contributed by atoms with van der Waals surface area (Å²) in [6, 6.07) is 1.37. The molecule has 9 heteroatoms. The highest BCUT2D eigenvalue weighted by molar-refractivity contribution is 7.94. The van der Waals surface area contributed by atoms with E-state index in [4.69, 9.17) is 9.26 Å². The van der Waals surface area contributed by atoms with E-state index in [2.05, 4.69) is 10.5 Å². The first-order valence-electron chi connectivity index (χ1n) is 7.78. The van der Waals surface area contributed by atoms with Crippen molar-refractivity contribution in [1.29, 1.82) is 0 Å². The van der Waals surface area contributed by atoms with E-state index in [-0.39, 0.29) is 11.6 Å². The number of amides is 1. The third-order valence-electron chi connectivity index (χ3n) is 4.24. The Balaban J connectivity index is 2.16. The number of anilines is 1. The normalized spacial score (nSPS) is 17.7. The van der Waals surface area contributed by atoms with Crippen LogP contribution in [0.25, 0.3) is 0 Å². The van der Waals surface area contributed by atoms with Crippen molar-refractivity contribution in [1.82, 2.24) is 5.16 Å². The maximum Gasteiger partial charge on any atom is 0.247 e. The number of ether oxygens (including phenoxy) is 1. The van der Waals surface area contributed by atoms with E-state index in [0.717, 1.165) is 0 Å². The quantitative estimate of drug-likeness (QED) is 0.810. The molecule has 2 heterocycles. The number of hydrogen-bond acceptors (Lipinski definition) is 7. The largest absolute Gasteiger partial charge is 0.384 e. The molecule has 2 N–H and O–H groups in total. The second-order valence-corrected chi connectivity index (χ2v) is 9.73. The van der Waals surface area contributed by atoms with Crippen LogP contribution in [-0.2, 0) is 25.0 Å². The number of hydrogen-bond donors (Lipinski definition) is 2. The minimum atomic E-state index is -3.71. The van der Waals surface area contributed by atoms with Gasteiger partial charge in [-0.25, -0.2) is 8.42 Å². The van der Waals surface area contributed by atoms with E-state index in [9.17, 15) is 18.3 Å². The highest BCUT2D eigenvalue weighted by Gasteiger charge is 2.46. The minimum absolute atomic E-state index is 0.00706. The van der Waals surface area contributed by atoms with Gasteiger partial charge in [0.15, 0.2) is 9.84 Å². The summed E-state index contributed by atoms with van der Waals surface area (Å²) in [4.78, 5) is 12.5. The van der Waals surface area contributed by atoms with Crippen LogP contribution in [0.15, 0.2) is 10.6 Å². The van der Waals surface area contributed by atoms with E-state index < -0.39 is 31.3 Å². The lowest BCUT2D eigenvalue weighted by Gasteiger charge is -2.30. The van der Waals surface area contributed by atoms with Crippen molar-refractivity contribution in [2.75, 3.05) is 18.5 Å².